The molecule has 0 N–H and O–H groups in total. The first-order valence-electron chi connectivity index (χ1n) is 5.63. The molecule has 4 heteroatoms. The zero-order chi connectivity index (χ0) is 12.6. The van der Waals surface area contributed by atoms with Crippen molar-refractivity contribution in [3.05, 3.63) is 32.2 Å². The summed E-state index contributed by atoms with van der Waals surface area (Å²) >= 11 is 7.92. The fourth-order valence-corrected chi connectivity index (χ4v) is 2.96. The molecule has 0 aliphatic carbocycles. The highest BCUT2D eigenvalue weighted by atomic mass is 35.5. The van der Waals surface area contributed by atoms with Crippen LogP contribution in [0.25, 0.3) is 11.4 Å². The molecule has 2 heterocycles. The first-order valence-corrected chi connectivity index (χ1v) is 6.82. The van der Waals surface area contributed by atoms with Gasteiger partial charge in [0.15, 0.2) is 5.82 Å². The summed E-state index contributed by atoms with van der Waals surface area (Å²) in [7, 11) is 0. The normalized spacial score (nSPS) is 10.9. The van der Waals surface area contributed by atoms with E-state index < -0.39 is 0 Å². The van der Waals surface area contributed by atoms with Crippen LogP contribution < -0.4 is 0 Å². The van der Waals surface area contributed by atoms with Gasteiger partial charge in [0.2, 0.25) is 0 Å². The number of halogens is 1. The summed E-state index contributed by atoms with van der Waals surface area (Å²) in [6.07, 6.45) is 0.878. The molecule has 0 atom stereocenters. The second-order valence-corrected chi connectivity index (χ2v) is 5.91. The van der Waals surface area contributed by atoms with Gasteiger partial charge in [0.1, 0.15) is 5.15 Å². The van der Waals surface area contributed by atoms with Crippen molar-refractivity contribution in [3.63, 3.8) is 0 Å². The Morgan fingerprint density at radius 1 is 1.24 bits per heavy atom. The first kappa shape index (κ1) is 12.5. The van der Waals surface area contributed by atoms with Crippen LogP contribution in [-0.4, -0.2) is 9.97 Å². The Morgan fingerprint density at radius 3 is 2.47 bits per heavy atom. The molecular weight excluding hydrogens is 252 g/mol. The highest BCUT2D eigenvalue weighted by Crippen LogP contribution is 2.30. The Hall–Kier alpha value is -0.930. The van der Waals surface area contributed by atoms with E-state index >= 15 is 0 Å². The summed E-state index contributed by atoms with van der Waals surface area (Å²) in [6.45, 7) is 8.24. The maximum atomic E-state index is 6.16. The van der Waals surface area contributed by atoms with Gasteiger partial charge >= 0.3 is 0 Å². The van der Waals surface area contributed by atoms with Gasteiger partial charge < -0.3 is 0 Å². The van der Waals surface area contributed by atoms with E-state index in [0.717, 1.165) is 29.1 Å². The molecule has 0 saturated carbocycles. The first-order chi connectivity index (χ1) is 8.02. The molecule has 0 aromatic carbocycles. The molecule has 0 fully saturated rings. The molecule has 2 rings (SSSR count). The number of aryl methyl sites for hydroxylation is 3. The maximum absolute atomic E-state index is 6.16. The van der Waals surface area contributed by atoms with Crippen LogP contribution in [-0.2, 0) is 6.42 Å². The van der Waals surface area contributed by atoms with Crippen molar-refractivity contribution in [1.82, 2.24) is 9.97 Å². The van der Waals surface area contributed by atoms with Gasteiger partial charge in [0, 0.05) is 26.6 Å². The van der Waals surface area contributed by atoms with Gasteiger partial charge in [-0.2, -0.15) is 0 Å². The van der Waals surface area contributed by atoms with E-state index in [-0.39, 0.29) is 0 Å². The minimum atomic E-state index is 0.565. The van der Waals surface area contributed by atoms with E-state index in [1.165, 1.54) is 9.75 Å². The molecule has 0 saturated heterocycles. The van der Waals surface area contributed by atoms with Gasteiger partial charge in [-0.3, -0.25) is 0 Å². The van der Waals surface area contributed by atoms with Crippen molar-refractivity contribution in [2.75, 3.05) is 0 Å². The zero-order valence-electron chi connectivity index (χ0n) is 10.5. The predicted octanol–water partition coefficient (Wildman–Crippen LogP) is 4.35. The third kappa shape index (κ3) is 2.35. The van der Waals surface area contributed by atoms with Crippen LogP contribution in [0.2, 0.25) is 5.15 Å². The van der Waals surface area contributed by atoms with Crippen molar-refractivity contribution < 1.29 is 0 Å². The Kier molecular flexibility index (Phi) is 3.50. The Balaban J connectivity index is 2.60. The van der Waals surface area contributed by atoms with E-state index in [0.29, 0.717) is 5.15 Å². The molecule has 17 heavy (non-hydrogen) atoms. The molecule has 0 aliphatic heterocycles. The topological polar surface area (TPSA) is 25.8 Å². The number of rotatable bonds is 2. The SMILES string of the molecule is CCc1nc(-c2cc(C)sc2C)nc(Cl)c1C. The van der Waals surface area contributed by atoms with Gasteiger partial charge in [0.05, 0.1) is 0 Å². The van der Waals surface area contributed by atoms with Crippen molar-refractivity contribution in [1.29, 1.82) is 0 Å². The van der Waals surface area contributed by atoms with Crippen molar-refractivity contribution in [3.8, 4) is 11.4 Å². The van der Waals surface area contributed by atoms with Crippen molar-refractivity contribution in [2.45, 2.75) is 34.1 Å². The summed E-state index contributed by atoms with van der Waals surface area (Å²) in [4.78, 5) is 11.5. The average Bonchev–Trinajstić information content (AvgIpc) is 2.61. The quantitative estimate of drug-likeness (QED) is 0.756. The maximum Gasteiger partial charge on any atom is 0.162 e. The number of hydrogen-bond acceptors (Lipinski definition) is 3. The minimum Gasteiger partial charge on any atom is -0.233 e. The number of hydrogen-bond donors (Lipinski definition) is 0. The highest BCUT2D eigenvalue weighted by Gasteiger charge is 2.13. The van der Waals surface area contributed by atoms with E-state index in [2.05, 4.69) is 36.8 Å². The van der Waals surface area contributed by atoms with E-state index in [1.807, 2.05) is 6.92 Å². The molecule has 0 radical (unpaired) electrons. The fourth-order valence-electron chi connectivity index (χ4n) is 1.85. The lowest BCUT2D eigenvalue weighted by molar-refractivity contribution is 0.976. The number of thiophene rings is 1. The van der Waals surface area contributed by atoms with E-state index in [4.69, 9.17) is 11.6 Å². The minimum absolute atomic E-state index is 0.565. The third-order valence-corrected chi connectivity index (χ3v) is 4.14. The van der Waals surface area contributed by atoms with Gasteiger partial charge in [-0.1, -0.05) is 18.5 Å². The second-order valence-electron chi connectivity index (χ2n) is 4.09. The van der Waals surface area contributed by atoms with Crippen LogP contribution in [0.4, 0.5) is 0 Å². The molecule has 0 amide bonds. The fraction of sp³-hybridized carbons (Fsp3) is 0.385. The monoisotopic (exact) mass is 266 g/mol. The van der Waals surface area contributed by atoms with Crippen molar-refractivity contribution in [2.24, 2.45) is 0 Å². The molecular formula is C13H15ClN2S. The van der Waals surface area contributed by atoms with Crippen LogP contribution in [0.1, 0.15) is 27.9 Å². The molecule has 2 aromatic rings. The lowest BCUT2D eigenvalue weighted by Crippen LogP contribution is -1.99. The smallest absolute Gasteiger partial charge is 0.162 e. The molecule has 2 aromatic heterocycles. The standard InChI is InChI=1S/C13H15ClN2S/c1-5-11-8(3)12(14)16-13(15-11)10-6-7(2)17-9(10)4/h6H,5H2,1-4H3. The van der Waals surface area contributed by atoms with Crippen molar-refractivity contribution >= 4 is 22.9 Å². The zero-order valence-corrected chi connectivity index (χ0v) is 12.0. The van der Waals surface area contributed by atoms with Crippen LogP contribution in [0.5, 0.6) is 0 Å². The van der Waals surface area contributed by atoms with Gasteiger partial charge in [-0.15, -0.1) is 11.3 Å². The lowest BCUT2D eigenvalue weighted by atomic mass is 10.2. The molecule has 0 spiro atoms. The third-order valence-electron chi connectivity index (χ3n) is 2.80. The largest absolute Gasteiger partial charge is 0.233 e. The molecule has 0 bridgehead atoms. The van der Waals surface area contributed by atoms with Gasteiger partial charge in [0.25, 0.3) is 0 Å². The number of nitrogens with zero attached hydrogens (tertiary/aromatic N) is 2. The second kappa shape index (κ2) is 4.75. The molecule has 0 aliphatic rings. The van der Waals surface area contributed by atoms with Crippen LogP contribution in [0.15, 0.2) is 6.07 Å². The summed E-state index contributed by atoms with van der Waals surface area (Å²) in [5, 5.41) is 0.565. The Labute approximate surface area is 111 Å². The predicted molar refractivity (Wildman–Crippen MR) is 73.9 cm³/mol. The molecule has 90 valence electrons. The summed E-state index contributed by atoms with van der Waals surface area (Å²) in [5.41, 5.74) is 3.12. The molecule has 2 nitrogen and oxygen atoms in total. The average molecular weight is 267 g/mol. The molecule has 0 unspecified atom stereocenters. The van der Waals surface area contributed by atoms with Gasteiger partial charge in [-0.05, 0) is 33.3 Å². The Morgan fingerprint density at radius 2 is 1.94 bits per heavy atom. The van der Waals surface area contributed by atoms with Crippen LogP contribution >= 0.6 is 22.9 Å². The van der Waals surface area contributed by atoms with E-state index in [1.54, 1.807) is 11.3 Å². The number of aromatic nitrogens is 2. The van der Waals surface area contributed by atoms with Gasteiger partial charge in [-0.25, -0.2) is 9.97 Å². The van der Waals surface area contributed by atoms with E-state index in [9.17, 15) is 0 Å². The Bertz CT molecular complexity index is 561. The summed E-state index contributed by atoms with van der Waals surface area (Å²) in [5.74, 6) is 0.749. The van der Waals surface area contributed by atoms with Crippen LogP contribution in [0.3, 0.4) is 0 Å². The highest BCUT2D eigenvalue weighted by molar-refractivity contribution is 7.12. The van der Waals surface area contributed by atoms with Crippen LogP contribution in [0, 0.1) is 20.8 Å². The summed E-state index contributed by atoms with van der Waals surface area (Å²) in [6, 6.07) is 2.13. The summed E-state index contributed by atoms with van der Waals surface area (Å²) < 4.78 is 0. The lowest BCUT2D eigenvalue weighted by Gasteiger charge is -2.07.